The lowest BCUT2D eigenvalue weighted by atomic mass is 10.0. The summed E-state index contributed by atoms with van der Waals surface area (Å²) in [7, 11) is 0. The summed E-state index contributed by atoms with van der Waals surface area (Å²) in [5.41, 5.74) is 5.04. The molecule has 0 aromatic rings. The molecular weight excluding hydrogens is 166 g/mol. The van der Waals surface area contributed by atoms with Crippen molar-refractivity contribution < 1.29 is 4.79 Å². The minimum Gasteiger partial charge on any atom is -0.385 e. The van der Waals surface area contributed by atoms with Crippen LogP contribution in [-0.2, 0) is 0 Å². The van der Waals surface area contributed by atoms with E-state index in [4.69, 9.17) is 12.2 Å². The molecule has 0 saturated heterocycles. The summed E-state index contributed by atoms with van der Waals surface area (Å²) in [6.45, 7) is 5.42. The molecule has 1 heterocycles. The highest BCUT2D eigenvalue weighted by atomic mass is 16.2. The summed E-state index contributed by atoms with van der Waals surface area (Å²) in [5, 5.41) is 0. The fourth-order valence-corrected chi connectivity index (χ4v) is 1.38. The second-order valence-electron chi connectivity index (χ2n) is 3.55. The SMILES string of the molecule is C#CC(C)N1C(=O)N=C(N)C1(C)C. The maximum absolute atomic E-state index is 11.4. The normalized spacial score (nSPS) is 22.5. The second-order valence-corrected chi connectivity index (χ2v) is 3.55. The van der Waals surface area contributed by atoms with E-state index in [1.165, 1.54) is 4.90 Å². The molecule has 1 atom stereocenters. The zero-order chi connectivity index (χ0) is 10.2. The van der Waals surface area contributed by atoms with E-state index in [2.05, 4.69) is 10.9 Å². The van der Waals surface area contributed by atoms with E-state index in [-0.39, 0.29) is 12.1 Å². The van der Waals surface area contributed by atoms with Gasteiger partial charge in [-0.3, -0.25) is 4.90 Å². The van der Waals surface area contributed by atoms with E-state index in [0.29, 0.717) is 5.84 Å². The van der Waals surface area contributed by atoms with E-state index in [9.17, 15) is 4.79 Å². The third-order valence-electron chi connectivity index (χ3n) is 2.28. The van der Waals surface area contributed by atoms with Crippen LogP contribution in [0.25, 0.3) is 0 Å². The molecule has 2 amide bonds. The Bertz CT molecular complexity index is 311. The highest BCUT2D eigenvalue weighted by molar-refractivity contribution is 6.05. The number of hydrogen-bond acceptors (Lipinski definition) is 2. The van der Waals surface area contributed by atoms with E-state index in [0.717, 1.165) is 0 Å². The molecule has 0 aromatic carbocycles. The van der Waals surface area contributed by atoms with Crippen molar-refractivity contribution in [2.45, 2.75) is 32.4 Å². The minimum atomic E-state index is -0.567. The van der Waals surface area contributed by atoms with Crippen LogP contribution in [0.3, 0.4) is 0 Å². The van der Waals surface area contributed by atoms with Gasteiger partial charge in [0.05, 0.1) is 11.6 Å². The lowest BCUT2D eigenvalue weighted by Crippen LogP contribution is -2.52. The first kappa shape index (κ1) is 9.59. The van der Waals surface area contributed by atoms with Crippen molar-refractivity contribution in [3.05, 3.63) is 0 Å². The molecule has 1 rings (SSSR count). The first-order valence-corrected chi connectivity index (χ1v) is 4.05. The molecule has 0 aromatic heterocycles. The number of terminal acetylenes is 1. The summed E-state index contributed by atoms with van der Waals surface area (Å²) in [6.07, 6.45) is 5.24. The zero-order valence-corrected chi connectivity index (χ0v) is 8.03. The average molecular weight is 179 g/mol. The summed E-state index contributed by atoms with van der Waals surface area (Å²) in [6, 6.07) is -0.639. The maximum atomic E-state index is 11.4. The number of rotatable bonds is 1. The summed E-state index contributed by atoms with van der Waals surface area (Å²) in [5.74, 6) is 2.81. The van der Waals surface area contributed by atoms with Crippen LogP contribution < -0.4 is 5.73 Å². The van der Waals surface area contributed by atoms with E-state index < -0.39 is 5.54 Å². The van der Waals surface area contributed by atoms with Crippen molar-refractivity contribution in [3.8, 4) is 12.3 Å². The van der Waals surface area contributed by atoms with Crippen LogP contribution in [0.2, 0.25) is 0 Å². The van der Waals surface area contributed by atoms with Gasteiger partial charge in [-0.2, -0.15) is 4.99 Å². The topological polar surface area (TPSA) is 58.7 Å². The van der Waals surface area contributed by atoms with Gasteiger partial charge in [0.15, 0.2) is 0 Å². The maximum Gasteiger partial charge on any atom is 0.347 e. The molecule has 0 saturated carbocycles. The Hall–Kier alpha value is -1.50. The quantitative estimate of drug-likeness (QED) is 0.598. The summed E-state index contributed by atoms with van der Waals surface area (Å²) < 4.78 is 0. The third-order valence-corrected chi connectivity index (χ3v) is 2.28. The molecular formula is C9H13N3O. The Kier molecular flexibility index (Phi) is 2.04. The molecule has 1 unspecified atom stereocenters. The summed E-state index contributed by atoms with van der Waals surface area (Å²) >= 11 is 0. The van der Waals surface area contributed by atoms with Crippen molar-refractivity contribution in [2.75, 3.05) is 0 Å². The zero-order valence-electron chi connectivity index (χ0n) is 8.03. The predicted octanol–water partition coefficient (Wildman–Crippen LogP) is 0.580. The fraction of sp³-hybridized carbons (Fsp3) is 0.556. The van der Waals surface area contributed by atoms with Gasteiger partial charge in [-0.1, -0.05) is 5.92 Å². The van der Waals surface area contributed by atoms with Crippen LogP contribution in [0.1, 0.15) is 20.8 Å². The van der Waals surface area contributed by atoms with Gasteiger partial charge in [-0.05, 0) is 20.8 Å². The van der Waals surface area contributed by atoms with Gasteiger partial charge in [-0.25, -0.2) is 4.79 Å². The standard InChI is InChI=1S/C9H13N3O/c1-5-6(2)12-8(13)11-7(10)9(12,3)4/h1,6H,2-4H3,(H2,10,11,13). The van der Waals surface area contributed by atoms with Gasteiger partial charge < -0.3 is 5.73 Å². The Morgan fingerprint density at radius 2 is 2.23 bits per heavy atom. The van der Waals surface area contributed by atoms with Crippen molar-refractivity contribution in [1.29, 1.82) is 0 Å². The molecule has 4 heteroatoms. The van der Waals surface area contributed by atoms with Crippen molar-refractivity contribution in [1.82, 2.24) is 4.90 Å². The highest BCUT2D eigenvalue weighted by Gasteiger charge is 2.42. The van der Waals surface area contributed by atoms with E-state index >= 15 is 0 Å². The molecule has 1 aliphatic rings. The van der Waals surface area contributed by atoms with Crippen LogP contribution in [-0.4, -0.2) is 28.3 Å². The average Bonchev–Trinajstić information content (AvgIpc) is 2.21. The van der Waals surface area contributed by atoms with Gasteiger partial charge in [0.1, 0.15) is 5.84 Å². The van der Waals surface area contributed by atoms with Gasteiger partial charge in [0, 0.05) is 0 Å². The Balaban J connectivity index is 3.04. The molecule has 0 bridgehead atoms. The number of nitrogens with zero attached hydrogens (tertiary/aromatic N) is 2. The number of carbonyl (C=O) groups excluding carboxylic acids is 1. The highest BCUT2D eigenvalue weighted by Crippen LogP contribution is 2.24. The molecule has 1 aliphatic heterocycles. The molecule has 4 nitrogen and oxygen atoms in total. The monoisotopic (exact) mass is 179 g/mol. The van der Waals surface area contributed by atoms with Gasteiger partial charge in [0.25, 0.3) is 0 Å². The number of urea groups is 1. The van der Waals surface area contributed by atoms with Crippen molar-refractivity contribution in [3.63, 3.8) is 0 Å². The molecule has 2 N–H and O–H groups in total. The fourth-order valence-electron chi connectivity index (χ4n) is 1.38. The first-order chi connectivity index (χ1) is 5.91. The van der Waals surface area contributed by atoms with Crippen molar-refractivity contribution >= 4 is 11.9 Å². The van der Waals surface area contributed by atoms with Gasteiger partial charge in [0.2, 0.25) is 0 Å². The Morgan fingerprint density at radius 1 is 1.69 bits per heavy atom. The molecule has 0 radical (unpaired) electrons. The lowest BCUT2D eigenvalue weighted by Gasteiger charge is -2.33. The van der Waals surface area contributed by atoms with Crippen LogP contribution in [0.5, 0.6) is 0 Å². The number of carbonyl (C=O) groups is 1. The lowest BCUT2D eigenvalue weighted by molar-refractivity contribution is 0.175. The van der Waals surface area contributed by atoms with Crippen LogP contribution >= 0.6 is 0 Å². The first-order valence-electron chi connectivity index (χ1n) is 4.05. The van der Waals surface area contributed by atoms with Crippen LogP contribution in [0.4, 0.5) is 4.79 Å². The smallest absolute Gasteiger partial charge is 0.347 e. The molecule has 0 spiro atoms. The summed E-state index contributed by atoms with van der Waals surface area (Å²) in [4.78, 5) is 16.5. The second kappa shape index (κ2) is 2.77. The van der Waals surface area contributed by atoms with E-state index in [1.807, 2.05) is 13.8 Å². The molecule has 0 fully saturated rings. The van der Waals surface area contributed by atoms with Crippen LogP contribution in [0.15, 0.2) is 4.99 Å². The molecule has 13 heavy (non-hydrogen) atoms. The Labute approximate surface area is 77.8 Å². The number of hydrogen-bond donors (Lipinski definition) is 1. The molecule has 70 valence electrons. The third kappa shape index (κ3) is 1.26. The van der Waals surface area contributed by atoms with Gasteiger partial charge in [-0.15, -0.1) is 6.42 Å². The van der Waals surface area contributed by atoms with Gasteiger partial charge >= 0.3 is 6.03 Å². The van der Waals surface area contributed by atoms with Crippen molar-refractivity contribution in [2.24, 2.45) is 10.7 Å². The Morgan fingerprint density at radius 3 is 2.54 bits per heavy atom. The number of aliphatic imine (C=N–C) groups is 1. The van der Waals surface area contributed by atoms with E-state index in [1.54, 1.807) is 6.92 Å². The predicted molar refractivity (Wildman–Crippen MR) is 51.2 cm³/mol. The minimum absolute atomic E-state index is 0.285. The van der Waals surface area contributed by atoms with Crippen LogP contribution in [0, 0.1) is 12.3 Å². The number of amides is 2. The largest absolute Gasteiger partial charge is 0.385 e. The number of nitrogens with two attached hydrogens (primary N) is 1. The molecule has 0 aliphatic carbocycles. The number of amidine groups is 1.